The Morgan fingerprint density at radius 3 is 2.10 bits per heavy atom. The molecule has 0 spiro atoms. The third-order valence-electron chi connectivity index (χ3n) is 6.69. The molecule has 6 nitrogen and oxygen atoms in total. The average molecular weight is 465 g/mol. The fourth-order valence-corrected chi connectivity index (χ4v) is 4.96. The Morgan fingerprint density at radius 2 is 1.52 bits per heavy atom. The van der Waals surface area contributed by atoms with Gasteiger partial charge in [0.05, 0.1) is 6.54 Å². The van der Waals surface area contributed by atoms with Crippen LogP contribution in [0.15, 0.2) is 24.3 Å². The van der Waals surface area contributed by atoms with Gasteiger partial charge in [0, 0.05) is 80.1 Å². The molecule has 1 aliphatic carbocycles. The lowest BCUT2D eigenvalue weighted by molar-refractivity contribution is -0.135. The molecule has 1 aromatic carbocycles. The van der Waals surface area contributed by atoms with E-state index in [2.05, 4.69) is 9.80 Å². The molecular formula is C23H30Cl2N4O2. The lowest BCUT2D eigenvalue weighted by atomic mass is 9.91. The summed E-state index contributed by atoms with van der Waals surface area (Å²) in [5.74, 6) is 0.148. The van der Waals surface area contributed by atoms with Crippen LogP contribution in [0.25, 0.3) is 6.08 Å². The number of nitrogens with zero attached hydrogens (tertiary/aromatic N) is 4. The third-order valence-corrected chi connectivity index (χ3v) is 7.35. The van der Waals surface area contributed by atoms with Crippen molar-refractivity contribution in [3.05, 3.63) is 39.9 Å². The summed E-state index contributed by atoms with van der Waals surface area (Å²) in [6.07, 6.45) is 7.18. The highest BCUT2D eigenvalue weighted by atomic mass is 35.5. The number of carbonyl (C=O) groups excluding carboxylic acids is 2. The second-order valence-corrected chi connectivity index (χ2v) is 9.39. The zero-order chi connectivity index (χ0) is 21.8. The summed E-state index contributed by atoms with van der Waals surface area (Å²) in [4.78, 5) is 33.8. The maximum Gasteiger partial charge on any atom is 0.246 e. The van der Waals surface area contributed by atoms with E-state index in [1.165, 1.54) is 25.3 Å². The van der Waals surface area contributed by atoms with Gasteiger partial charge in [-0.1, -0.05) is 35.7 Å². The van der Waals surface area contributed by atoms with E-state index in [0.29, 0.717) is 48.3 Å². The lowest BCUT2D eigenvalue weighted by Crippen LogP contribution is -2.56. The molecule has 168 valence electrons. The number of amides is 2. The Morgan fingerprint density at radius 1 is 0.903 bits per heavy atom. The number of halogens is 2. The largest absolute Gasteiger partial charge is 0.339 e. The molecule has 0 unspecified atom stereocenters. The number of piperazine rings is 2. The molecule has 0 bridgehead atoms. The summed E-state index contributed by atoms with van der Waals surface area (Å²) in [6.45, 7) is 6.76. The fraction of sp³-hybridized carbons (Fsp3) is 0.565. The Hall–Kier alpha value is -1.60. The van der Waals surface area contributed by atoms with E-state index in [0.717, 1.165) is 32.2 Å². The van der Waals surface area contributed by atoms with Crippen molar-refractivity contribution in [1.29, 1.82) is 0 Å². The lowest BCUT2D eigenvalue weighted by Gasteiger charge is -2.43. The molecule has 3 aliphatic rings. The number of benzene rings is 1. The highest BCUT2D eigenvalue weighted by Crippen LogP contribution is 2.26. The predicted octanol–water partition coefficient (Wildman–Crippen LogP) is 2.85. The Balaban J connectivity index is 1.20. The molecule has 3 fully saturated rings. The highest BCUT2D eigenvalue weighted by Gasteiger charge is 2.30. The molecule has 4 rings (SSSR count). The Bertz CT molecular complexity index is 807. The normalized spacial score (nSPS) is 21.5. The van der Waals surface area contributed by atoms with E-state index in [1.807, 2.05) is 4.90 Å². The molecule has 31 heavy (non-hydrogen) atoms. The molecule has 8 heteroatoms. The molecule has 2 aliphatic heterocycles. The van der Waals surface area contributed by atoms with Gasteiger partial charge in [0.25, 0.3) is 0 Å². The van der Waals surface area contributed by atoms with Gasteiger partial charge in [-0.05, 0) is 31.1 Å². The van der Waals surface area contributed by atoms with Crippen molar-refractivity contribution in [2.24, 2.45) is 0 Å². The first kappa shape index (κ1) is 22.6. The van der Waals surface area contributed by atoms with Gasteiger partial charge in [-0.25, -0.2) is 0 Å². The van der Waals surface area contributed by atoms with Crippen LogP contribution >= 0.6 is 23.2 Å². The van der Waals surface area contributed by atoms with Gasteiger partial charge in [0.15, 0.2) is 0 Å². The second-order valence-electron chi connectivity index (χ2n) is 8.57. The van der Waals surface area contributed by atoms with Crippen LogP contribution < -0.4 is 0 Å². The molecule has 2 amide bonds. The number of rotatable bonds is 5. The molecule has 1 aromatic rings. The van der Waals surface area contributed by atoms with E-state index in [1.54, 1.807) is 29.2 Å². The van der Waals surface area contributed by atoms with Crippen LogP contribution in [0.5, 0.6) is 0 Å². The first-order chi connectivity index (χ1) is 15.0. The highest BCUT2D eigenvalue weighted by molar-refractivity contribution is 6.37. The van der Waals surface area contributed by atoms with Crippen molar-refractivity contribution < 1.29 is 9.59 Å². The molecular weight excluding hydrogens is 435 g/mol. The molecule has 2 heterocycles. The van der Waals surface area contributed by atoms with Gasteiger partial charge in [-0.2, -0.15) is 0 Å². The summed E-state index contributed by atoms with van der Waals surface area (Å²) in [7, 11) is 0. The first-order valence-corrected chi connectivity index (χ1v) is 11.9. The van der Waals surface area contributed by atoms with Crippen LogP contribution in [0.3, 0.4) is 0 Å². The maximum atomic E-state index is 12.7. The van der Waals surface area contributed by atoms with Crippen molar-refractivity contribution in [3.63, 3.8) is 0 Å². The fourth-order valence-electron chi connectivity index (χ4n) is 4.44. The van der Waals surface area contributed by atoms with Gasteiger partial charge >= 0.3 is 0 Å². The Kier molecular flexibility index (Phi) is 7.54. The maximum absolute atomic E-state index is 12.7. The minimum Gasteiger partial charge on any atom is -0.339 e. The minimum absolute atomic E-state index is 0.0610. The molecule has 0 N–H and O–H groups in total. The van der Waals surface area contributed by atoms with Crippen molar-refractivity contribution in [1.82, 2.24) is 19.6 Å². The van der Waals surface area contributed by atoms with Crippen LogP contribution in [-0.2, 0) is 9.59 Å². The molecule has 2 saturated heterocycles. The summed E-state index contributed by atoms with van der Waals surface area (Å²) in [5, 5.41) is 1.04. The van der Waals surface area contributed by atoms with Crippen LogP contribution in [0.2, 0.25) is 10.0 Å². The van der Waals surface area contributed by atoms with Gasteiger partial charge in [-0.15, -0.1) is 0 Å². The van der Waals surface area contributed by atoms with Crippen molar-refractivity contribution >= 4 is 41.1 Å². The van der Waals surface area contributed by atoms with Crippen molar-refractivity contribution in [2.75, 3.05) is 58.9 Å². The average Bonchev–Trinajstić information content (AvgIpc) is 2.73. The van der Waals surface area contributed by atoms with Gasteiger partial charge in [0.2, 0.25) is 11.8 Å². The monoisotopic (exact) mass is 464 g/mol. The smallest absolute Gasteiger partial charge is 0.246 e. The number of hydrogen-bond donors (Lipinski definition) is 0. The van der Waals surface area contributed by atoms with Crippen molar-refractivity contribution in [2.45, 2.75) is 25.3 Å². The molecule has 0 atom stereocenters. The summed E-state index contributed by atoms with van der Waals surface area (Å²) >= 11 is 12.3. The second kappa shape index (κ2) is 10.3. The topological polar surface area (TPSA) is 47.1 Å². The minimum atomic E-state index is -0.0610. The van der Waals surface area contributed by atoms with Gasteiger partial charge < -0.3 is 9.80 Å². The zero-order valence-electron chi connectivity index (χ0n) is 17.8. The van der Waals surface area contributed by atoms with Crippen LogP contribution in [0.1, 0.15) is 24.8 Å². The van der Waals surface area contributed by atoms with Crippen LogP contribution in [-0.4, -0.2) is 96.4 Å². The first-order valence-electron chi connectivity index (χ1n) is 11.2. The van der Waals surface area contributed by atoms with Crippen LogP contribution in [0, 0.1) is 0 Å². The van der Waals surface area contributed by atoms with E-state index < -0.39 is 0 Å². The summed E-state index contributed by atoms with van der Waals surface area (Å²) < 4.78 is 0. The molecule has 1 saturated carbocycles. The summed E-state index contributed by atoms with van der Waals surface area (Å²) in [5.41, 5.74) is 0.654. The summed E-state index contributed by atoms with van der Waals surface area (Å²) in [6, 6.07) is 6.03. The zero-order valence-corrected chi connectivity index (χ0v) is 19.3. The standard InChI is InChI=1S/C23H30Cl2N4O2/c24-20-5-2-6-21(25)19(20)7-8-22(30)28-11-9-26(10-12-28)17-23(31)29-15-13-27(14-16-29)18-3-1-4-18/h2,5-8,18H,1,3-4,9-17H2. The van der Waals surface area contributed by atoms with Crippen molar-refractivity contribution in [3.8, 4) is 0 Å². The van der Waals surface area contributed by atoms with E-state index >= 15 is 0 Å². The van der Waals surface area contributed by atoms with E-state index in [9.17, 15) is 9.59 Å². The SMILES string of the molecule is O=C(C=Cc1c(Cl)cccc1Cl)N1CCN(CC(=O)N2CCN(C3CCC3)CC2)CC1. The quantitative estimate of drug-likeness (QED) is 0.628. The predicted molar refractivity (Wildman–Crippen MR) is 124 cm³/mol. The Labute approximate surface area is 194 Å². The third kappa shape index (κ3) is 5.61. The number of hydrogen-bond acceptors (Lipinski definition) is 4. The molecule has 0 aromatic heterocycles. The number of carbonyl (C=O) groups is 2. The van der Waals surface area contributed by atoms with Gasteiger partial charge in [-0.3, -0.25) is 19.4 Å². The van der Waals surface area contributed by atoms with Crippen LogP contribution in [0.4, 0.5) is 0 Å². The van der Waals surface area contributed by atoms with Gasteiger partial charge in [0.1, 0.15) is 0 Å². The molecule has 0 radical (unpaired) electrons. The van der Waals surface area contributed by atoms with E-state index in [-0.39, 0.29) is 11.8 Å². The van der Waals surface area contributed by atoms with E-state index in [4.69, 9.17) is 23.2 Å².